The maximum absolute atomic E-state index is 14.6. The van der Waals surface area contributed by atoms with Crippen molar-refractivity contribution in [2.24, 2.45) is 16.3 Å². The molecule has 3 rings (SSSR count). The van der Waals surface area contributed by atoms with Gasteiger partial charge in [0.2, 0.25) is 5.95 Å². The number of nitrogens with zero attached hydrogens (tertiary/aromatic N) is 3. The third-order valence-electron chi connectivity index (χ3n) is 4.11. The number of aliphatic imine (C=N–C) groups is 1. The molecule has 2 heterocycles. The van der Waals surface area contributed by atoms with Crippen molar-refractivity contribution in [1.82, 2.24) is 15.0 Å². The molecule has 6 heteroatoms. The number of hydrogen-bond donors (Lipinski definition) is 2. The molecule has 0 unspecified atom stereocenters. The number of rotatable bonds is 4. The molecule has 0 fully saturated rings. The Kier molecular flexibility index (Phi) is 7.93. The van der Waals surface area contributed by atoms with Gasteiger partial charge in [0, 0.05) is 35.6 Å². The van der Waals surface area contributed by atoms with Gasteiger partial charge in [-0.3, -0.25) is 4.99 Å². The lowest BCUT2D eigenvalue weighted by atomic mass is 9.97. The van der Waals surface area contributed by atoms with E-state index < -0.39 is 0 Å². The second-order valence-electron chi connectivity index (χ2n) is 9.99. The summed E-state index contributed by atoms with van der Waals surface area (Å²) in [5.41, 5.74) is 4.52. The van der Waals surface area contributed by atoms with Gasteiger partial charge in [-0.25, -0.2) is 9.37 Å². The highest BCUT2D eigenvalue weighted by Gasteiger charge is 2.15. The van der Waals surface area contributed by atoms with Gasteiger partial charge in [0.1, 0.15) is 17.2 Å². The number of hydrogen-bond acceptors (Lipinski definition) is 4. The summed E-state index contributed by atoms with van der Waals surface area (Å²) in [6.45, 7) is 19.3. The molecule has 0 saturated carbocycles. The molecule has 0 bridgehead atoms. The standard InChI is InChI=1S/C21H26FN5.C4H10/c1-12(2)26-18-13(3)7-14(8-17(18)22)15-9-23-19-16(15)10-24-20(27-19)25-11-21(4,5)6;1-4(2)3/h7-10H,11H2,1-6H3,(H2,23,24,25,27);4H,1-3H3. The van der Waals surface area contributed by atoms with E-state index in [2.05, 4.69) is 66.8 Å². The molecule has 0 atom stereocenters. The number of H-pyrrole nitrogens is 1. The number of aryl methyl sites for hydroxylation is 1. The minimum absolute atomic E-state index is 0.134. The maximum atomic E-state index is 14.6. The Morgan fingerprint density at radius 2 is 1.84 bits per heavy atom. The van der Waals surface area contributed by atoms with E-state index in [9.17, 15) is 4.39 Å². The van der Waals surface area contributed by atoms with Crippen LogP contribution in [0, 0.1) is 24.1 Å². The van der Waals surface area contributed by atoms with Crippen molar-refractivity contribution in [2.45, 2.75) is 62.3 Å². The molecule has 0 saturated heterocycles. The fourth-order valence-corrected chi connectivity index (χ4v) is 2.83. The predicted molar refractivity (Wildman–Crippen MR) is 131 cm³/mol. The number of halogens is 1. The predicted octanol–water partition coefficient (Wildman–Crippen LogP) is 7.31. The fourth-order valence-electron chi connectivity index (χ4n) is 2.83. The number of fused-ring (bicyclic) bond motifs is 1. The smallest absolute Gasteiger partial charge is 0.224 e. The van der Waals surface area contributed by atoms with Gasteiger partial charge in [-0.1, -0.05) is 41.5 Å². The van der Waals surface area contributed by atoms with Crippen LogP contribution in [0.5, 0.6) is 0 Å². The highest BCUT2D eigenvalue weighted by molar-refractivity contribution is 5.94. The Morgan fingerprint density at radius 3 is 2.39 bits per heavy atom. The van der Waals surface area contributed by atoms with Crippen LogP contribution in [-0.4, -0.2) is 27.2 Å². The molecule has 1 aromatic carbocycles. The van der Waals surface area contributed by atoms with Crippen LogP contribution in [0.25, 0.3) is 22.2 Å². The monoisotopic (exact) mass is 425 g/mol. The number of anilines is 1. The van der Waals surface area contributed by atoms with E-state index in [0.717, 1.165) is 45.9 Å². The van der Waals surface area contributed by atoms with Crippen molar-refractivity contribution in [3.05, 3.63) is 35.9 Å². The number of benzene rings is 1. The molecule has 3 aromatic rings. The zero-order valence-corrected chi connectivity index (χ0v) is 20.3. The topological polar surface area (TPSA) is 66.0 Å². The first-order chi connectivity index (χ1) is 14.4. The average molecular weight is 426 g/mol. The molecule has 168 valence electrons. The van der Waals surface area contributed by atoms with Crippen molar-refractivity contribution in [2.75, 3.05) is 11.9 Å². The van der Waals surface area contributed by atoms with Crippen LogP contribution in [0.15, 0.2) is 29.5 Å². The van der Waals surface area contributed by atoms with Crippen LogP contribution in [0.2, 0.25) is 0 Å². The second kappa shape index (κ2) is 10.0. The van der Waals surface area contributed by atoms with E-state index in [1.807, 2.05) is 33.0 Å². The van der Waals surface area contributed by atoms with E-state index >= 15 is 0 Å². The first-order valence-electron chi connectivity index (χ1n) is 10.8. The largest absolute Gasteiger partial charge is 0.354 e. The molecule has 0 spiro atoms. The molecule has 31 heavy (non-hydrogen) atoms. The average Bonchev–Trinajstić information content (AvgIpc) is 3.05. The summed E-state index contributed by atoms with van der Waals surface area (Å²) in [6, 6.07) is 3.46. The quantitative estimate of drug-likeness (QED) is 0.431. The normalized spacial score (nSPS) is 11.3. The molecular formula is C25H36FN5. The maximum Gasteiger partial charge on any atom is 0.224 e. The molecule has 2 aromatic heterocycles. The lowest BCUT2D eigenvalue weighted by Crippen LogP contribution is -2.20. The number of aromatic nitrogens is 3. The van der Waals surface area contributed by atoms with Gasteiger partial charge in [-0.2, -0.15) is 4.98 Å². The van der Waals surface area contributed by atoms with Gasteiger partial charge >= 0.3 is 0 Å². The number of aromatic amines is 1. The summed E-state index contributed by atoms with van der Waals surface area (Å²) in [7, 11) is 0. The zero-order valence-electron chi connectivity index (χ0n) is 20.3. The van der Waals surface area contributed by atoms with E-state index in [-0.39, 0.29) is 11.2 Å². The van der Waals surface area contributed by atoms with Crippen LogP contribution >= 0.6 is 0 Å². The number of nitrogens with one attached hydrogen (secondary N) is 2. The summed E-state index contributed by atoms with van der Waals surface area (Å²) in [6.07, 6.45) is 3.61. The summed E-state index contributed by atoms with van der Waals surface area (Å²) in [5, 5.41) is 4.11. The Morgan fingerprint density at radius 1 is 1.19 bits per heavy atom. The molecule has 0 amide bonds. The summed E-state index contributed by atoms with van der Waals surface area (Å²) >= 11 is 0. The van der Waals surface area contributed by atoms with Crippen LogP contribution in [0.3, 0.4) is 0 Å². The lowest BCUT2D eigenvalue weighted by Gasteiger charge is -2.18. The summed E-state index contributed by atoms with van der Waals surface area (Å²) < 4.78 is 14.6. The van der Waals surface area contributed by atoms with E-state index in [4.69, 9.17) is 0 Å². The highest BCUT2D eigenvalue weighted by atomic mass is 19.1. The van der Waals surface area contributed by atoms with Gasteiger partial charge in [-0.15, -0.1) is 0 Å². The minimum atomic E-state index is -0.329. The third kappa shape index (κ3) is 7.16. The van der Waals surface area contributed by atoms with Gasteiger partial charge < -0.3 is 10.3 Å². The first kappa shape index (κ1) is 24.5. The van der Waals surface area contributed by atoms with E-state index in [0.29, 0.717) is 11.6 Å². The van der Waals surface area contributed by atoms with Crippen LogP contribution in [0.1, 0.15) is 61.0 Å². The first-order valence-corrected chi connectivity index (χ1v) is 10.8. The molecule has 0 aliphatic rings. The van der Waals surface area contributed by atoms with Crippen molar-refractivity contribution in [1.29, 1.82) is 0 Å². The third-order valence-corrected chi connectivity index (χ3v) is 4.11. The van der Waals surface area contributed by atoms with Crippen LogP contribution < -0.4 is 5.32 Å². The van der Waals surface area contributed by atoms with Crippen molar-refractivity contribution in [3.8, 4) is 11.1 Å². The Labute approximate surface area is 185 Å². The lowest BCUT2D eigenvalue weighted by molar-refractivity contribution is 0.442. The van der Waals surface area contributed by atoms with Gasteiger partial charge in [0.05, 0.1) is 0 Å². The molecular weight excluding hydrogens is 389 g/mol. The Hall–Kier alpha value is -2.76. The highest BCUT2D eigenvalue weighted by Crippen LogP contribution is 2.33. The van der Waals surface area contributed by atoms with Crippen molar-refractivity contribution in [3.63, 3.8) is 0 Å². The minimum Gasteiger partial charge on any atom is -0.354 e. The summed E-state index contributed by atoms with van der Waals surface area (Å²) in [4.78, 5) is 16.4. The zero-order chi connectivity index (χ0) is 23.3. The van der Waals surface area contributed by atoms with Gasteiger partial charge in [0.25, 0.3) is 0 Å². The molecule has 0 aliphatic heterocycles. The molecule has 5 nitrogen and oxygen atoms in total. The second-order valence-corrected chi connectivity index (χ2v) is 9.99. The van der Waals surface area contributed by atoms with Crippen molar-refractivity contribution < 1.29 is 4.39 Å². The van der Waals surface area contributed by atoms with E-state index in [1.165, 1.54) is 6.07 Å². The summed E-state index contributed by atoms with van der Waals surface area (Å²) in [5.74, 6) is 1.08. The van der Waals surface area contributed by atoms with Crippen LogP contribution in [-0.2, 0) is 0 Å². The van der Waals surface area contributed by atoms with Crippen molar-refractivity contribution >= 4 is 28.4 Å². The van der Waals surface area contributed by atoms with Gasteiger partial charge in [0.15, 0.2) is 0 Å². The fraction of sp³-hybridized carbons (Fsp3) is 0.480. The molecule has 2 N–H and O–H groups in total. The Balaban J connectivity index is 0.000000785. The Bertz CT molecular complexity index is 1030. The SMILES string of the molecule is CC(C)=Nc1c(C)cc(-c2c[nH]c3nc(NCC(C)(C)C)ncc23)cc1F.CC(C)C. The van der Waals surface area contributed by atoms with Gasteiger partial charge in [-0.05, 0) is 55.4 Å². The van der Waals surface area contributed by atoms with E-state index in [1.54, 1.807) is 6.20 Å². The molecule has 0 aliphatic carbocycles. The van der Waals surface area contributed by atoms with Crippen LogP contribution in [0.4, 0.5) is 16.0 Å². The molecule has 0 radical (unpaired) electrons.